The molecule has 150 valence electrons. The van der Waals surface area contributed by atoms with Crippen molar-refractivity contribution in [3.63, 3.8) is 0 Å². The number of para-hydroxylation sites is 1. The Kier molecular flexibility index (Phi) is 4.25. The Morgan fingerprint density at radius 1 is 1.25 bits per heavy atom. The third-order valence-corrected chi connectivity index (χ3v) is 7.51. The zero-order valence-corrected chi connectivity index (χ0v) is 16.2. The number of carbonyl (C=O) groups excluding carboxylic acids is 2. The lowest BCUT2D eigenvalue weighted by Crippen LogP contribution is -2.54. The minimum atomic E-state index is -0.883. The van der Waals surface area contributed by atoms with Crippen molar-refractivity contribution in [2.75, 3.05) is 18.4 Å². The molecule has 3 atom stereocenters. The van der Waals surface area contributed by atoms with Crippen molar-refractivity contribution in [2.45, 2.75) is 68.5 Å². The van der Waals surface area contributed by atoms with Gasteiger partial charge in [-0.15, -0.1) is 0 Å². The van der Waals surface area contributed by atoms with Crippen molar-refractivity contribution in [1.29, 1.82) is 0 Å². The topological polar surface area (TPSA) is 81.7 Å². The molecule has 3 heterocycles. The largest absolute Gasteiger partial charge is 0.390 e. The van der Waals surface area contributed by atoms with Crippen LogP contribution in [0, 0.1) is 5.92 Å². The van der Waals surface area contributed by atoms with E-state index in [0.717, 1.165) is 62.7 Å². The zero-order valence-electron chi connectivity index (χ0n) is 16.2. The second kappa shape index (κ2) is 6.56. The van der Waals surface area contributed by atoms with Crippen molar-refractivity contribution in [3.05, 3.63) is 29.8 Å². The van der Waals surface area contributed by atoms with Crippen LogP contribution >= 0.6 is 0 Å². The Bertz CT molecular complexity index is 804. The predicted molar refractivity (Wildman–Crippen MR) is 106 cm³/mol. The number of anilines is 1. The first kappa shape index (κ1) is 18.1. The van der Waals surface area contributed by atoms with E-state index >= 15 is 0 Å². The molecule has 0 unspecified atom stereocenters. The minimum absolute atomic E-state index is 0.0529. The van der Waals surface area contributed by atoms with Crippen LogP contribution in [-0.2, 0) is 15.1 Å². The number of benzene rings is 1. The maximum absolute atomic E-state index is 13.3. The van der Waals surface area contributed by atoms with Gasteiger partial charge in [-0.2, -0.15) is 0 Å². The van der Waals surface area contributed by atoms with Gasteiger partial charge in [-0.3, -0.25) is 14.5 Å². The number of rotatable bonds is 4. The second-order valence-electron chi connectivity index (χ2n) is 9.02. The molecule has 1 aromatic carbocycles. The Morgan fingerprint density at radius 3 is 2.86 bits per heavy atom. The number of nitrogens with zero attached hydrogens (tertiary/aromatic N) is 1. The smallest absolute Gasteiger partial charge is 0.250 e. The van der Waals surface area contributed by atoms with Crippen LogP contribution < -0.4 is 10.6 Å². The molecular weight excluding hydrogens is 354 g/mol. The molecule has 5 rings (SSSR count). The fourth-order valence-corrected chi connectivity index (χ4v) is 6.20. The fourth-order valence-electron chi connectivity index (χ4n) is 6.20. The van der Waals surface area contributed by atoms with Crippen LogP contribution in [0.25, 0.3) is 0 Å². The van der Waals surface area contributed by atoms with Gasteiger partial charge in [-0.25, -0.2) is 0 Å². The van der Waals surface area contributed by atoms with Crippen LogP contribution in [0.5, 0.6) is 0 Å². The molecule has 1 aliphatic carbocycles. The highest BCUT2D eigenvalue weighted by Crippen LogP contribution is 2.55. The molecule has 2 amide bonds. The van der Waals surface area contributed by atoms with E-state index in [-0.39, 0.29) is 23.8 Å². The molecule has 0 radical (unpaired) electrons. The third kappa shape index (κ3) is 2.54. The van der Waals surface area contributed by atoms with E-state index in [9.17, 15) is 14.7 Å². The molecule has 2 saturated heterocycles. The molecule has 0 aromatic heterocycles. The van der Waals surface area contributed by atoms with Crippen molar-refractivity contribution in [1.82, 2.24) is 10.2 Å². The van der Waals surface area contributed by atoms with Crippen LogP contribution in [0.2, 0.25) is 0 Å². The number of nitrogens with one attached hydrogen (secondary N) is 2. The molecule has 28 heavy (non-hydrogen) atoms. The number of hydrogen-bond donors (Lipinski definition) is 3. The highest BCUT2D eigenvalue weighted by molar-refractivity contribution is 6.09. The monoisotopic (exact) mass is 383 g/mol. The molecule has 6 heteroatoms. The minimum Gasteiger partial charge on any atom is -0.390 e. The number of aliphatic hydroxyl groups is 1. The lowest BCUT2D eigenvalue weighted by Gasteiger charge is -2.36. The van der Waals surface area contributed by atoms with Gasteiger partial charge >= 0.3 is 0 Å². The first-order valence-corrected chi connectivity index (χ1v) is 10.7. The summed E-state index contributed by atoms with van der Waals surface area (Å²) < 4.78 is 0. The summed E-state index contributed by atoms with van der Waals surface area (Å²) in [6, 6.07) is 8.08. The summed E-state index contributed by atoms with van der Waals surface area (Å²) in [4.78, 5) is 28.8. The Balaban J connectivity index is 1.40. The summed E-state index contributed by atoms with van der Waals surface area (Å²) in [6.45, 7) is 1.33. The van der Waals surface area contributed by atoms with Gasteiger partial charge in [0, 0.05) is 23.8 Å². The molecule has 6 nitrogen and oxygen atoms in total. The lowest BCUT2D eigenvalue weighted by molar-refractivity contribution is -0.137. The van der Waals surface area contributed by atoms with E-state index in [2.05, 4.69) is 15.5 Å². The molecular formula is C22H29N3O3. The van der Waals surface area contributed by atoms with E-state index in [0.29, 0.717) is 13.0 Å². The van der Waals surface area contributed by atoms with Crippen LogP contribution in [0.3, 0.4) is 0 Å². The van der Waals surface area contributed by atoms with Crippen LogP contribution in [0.15, 0.2) is 24.3 Å². The first-order chi connectivity index (χ1) is 13.5. The quantitative estimate of drug-likeness (QED) is 0.744. The van der Waals surface area contributed by atoms with E-state index in [1.54, 1.807) is 0 Å². The molecule has 4 aliphatic rings. The van der Waals surface area contributed by atoms with E-state index in [1.807, 2.05) is 24.3 Å². The summed E-state index contributed by atoms with van der Waals surface area (Å²) in [5.74, 6) is -0.504. The van der Waals surface area contributed by atoms with Gasteiger partial charge in [-0.05, 0) is 51.1 Å². The van der Waals surface area contributed by atoms with Gasteiger partial charge in [0.15, 0.2) is 0 Å². The van der Waals surface area contributed by atoms with Crippen molar-refractivity contribution >= 4 is 17.5 Å². The molecule has 3 fully saturated rings. The lowest BCUT2D eigenvalue weighted by atomic mass is 9.78. The third-order valence-electron chi connectivity index (χ3n) is 7.51. The number of fused-ring (bicyclic) bond motifs is 4. The van der Waals surface area contributed by atoms with Crippen molar-refractivity contribution in [3.8, 4) is 0 Å². The summed E-state index contributed by atoms with van der Waals surface area (Å²) >= 11 is 0. The summed E-state index contributed by atoms with van der Waals surface area (Å²) in [7, 11) is 0. The van der Waals surface area contributed by atoms with Gasteiger partial charge in [0.2, 0.25) is 11.8 Å². The van der Waals surface area contributed by atoms with Gasteiger partial charge in [0.1, 0.15) is 5.54 Å². The predicted octanol–water partition coefficient (Wildman–Crippen LogP) is 2.13. The molecule has 1 spiro atoms. The Morgan fingerprint density at radius 2 is 2.04 bits per heavy atom. The maximum atomic E-state index is 13.3. The summed E-state index contributed by atoms with van der Waals surface area (Å²) in [6.07, 6.45) is 7.19. The van der Waals surface area contributed by atoms with Gasteiger partial charge in [0.05, 0.1) is 11.5 Å². The zero-order chi connectivity index (χ0) is 19.4. The second-order valence-corrected chi connectivity index (χ2v) is 9.02. The van der Waals surface area contributed by atoms with Crippen molar-refractivity contribution < 1.29 is 14.7 Å². The van der Waals surface area contributed by atoms with E-state index in [4.69, 9.17) is 0 Å². The van der Waals surface area contributed by atoms with Gasteiger partial charge in [0.25, 0.3) is 0 Å². The Labute approximate surface area is 165 Å². The van der Waals surface area contributed by atoms with Crippen LogP contribution in [-0.4, -0.2) is 46.6 Å². The number of hydrogen-bond acceptors (Lipinski definition) is 4. The van der Waals surface area contributed by atoms with Crippen molar-refractivity contribution in [2.24, 2.45) is 5.92 Å². The van der Waals surface area contributed by atoms with Crippen LogP contribution in [0.1, 0.15) is 56.9 Å². The molecule has 3 N–H and O–H groups in total. The number of carbonyl (C=O) groups is 2. The average molecular weight is 383 g/mol. The molecule has 1 saturated carbocycles. The first-order valence-electron chi connectivity index (χ1n) is 10.7. The fraction of sp³-hybridized carbons (Fsp3) is 0.636. The molecule has 0 bridgehead atoms. The molecule has 3 aliphatic heterocycles. The number of amides is 2. The van der Waals surface area contributed by atoms with E-state index in [1.165, 1.54) is 0 Å². The maximum Gasteiger partial charge on any atom is 0.250 e. The van der Waals surface area contributed by atoms with Gasteiger partial charge < -0.3 is 15.7 Å². The van der Waals surface area contributed by atoms with Gasteiger partial charge in [-0.1, -0.05) is 31.0 Å². The highest BCUT2D eigenvalue weighted by Gasteiger charge is 2.65. The Hall–Kier alpha value is -1.92. The van der Waals surface area contributed by atoms with Crippen LogP contribution in [0.4, 0.5) is 5.69 Å². The SMILES string of the molecule is O=C(NCCC1(O)CCCC1)[C@@H]1C[C@H]2CCCN2[C@]12C(=O)Nc1ccccc12. The standard InChI is InChI=1S/C22H29N3O3/c26-19(23-12-11-21(28)9-3-4-10-21)17-14-15-6-5-13-25(15)22(17)16-7-1-2-8-18(16)24-20(22)27/h1-2,7-8,15,17,28H,3-6,9-14H2,(H,23,26)(H,24,27)/t15-,17+,22+/m1/s1. The highest BCUT2D eigenvalue weighted by atomic mass is 16.3. The summed E-state index contributed by atoms with van der Waals surface area (Å²) in [5, 5.41) is 16.7. The average Bonchev–Trinajstić information content (AvgIpc) is 3.41. The molecule has 1 aromatic rings. The summed E-state index contributed by atoms with van der Waals surface area (Å²) in [5.41, 5.74) is 0.265. The van der Waals surface area contributed by atoms with E-state index < -0.39 is 11.1 Å². The normalized spacial score (nSPS) is 33.1.